The summed E-state index contributed by atoms with van der Waals surface area (Å²) in [5.74, 6) is -0.399. The van der Waals surface area contributed by atoms with Crippen molar-refractivity contribution in [2.45, 2.75) is 12.8 Å². The maximum absolute atomic E-state index is 12.1. The van der Waals surface area contributed by atoms with Gasteiger partial charge in [0.25, 0.3) is 17.1 Å². The minimum absolute atomic E-state index is 0.0488. The van der Waals surface area contributed by atoms with Crippen molar-refractivity contribution < 1.29 is 14.4 Å². The Morgan fingerprint density at radius 3 is 2.41 bits per heavy atom. The van der Waals surface area contributed by atoms with Gasteiger partial charge in [0.1, 0.15) is 0 Å². The van der Waals surface area contributed by atoms with E-state index in [1.807, 2.05) is 48.5 Å². The Kier molecular flexibility index (Phi) is 6.82. The van der Waals surface area contributed by atoms with Crippen molar-refractivity contribution >= 4 is 34.9 Å². The van der Waals surface area contributed by atoms with Gasteiger partial charge in [-0.2, -0.15) is 0 Å². The number of imide groups is 1. The second-order valence-corrected chi connectivity index (χ2v) is 8.41. The lowest BCUT2D eigenvalue weighted by atomic mass is 10.00. The molecule has 5 nitrogen and oxygen atoms in total. The van der Waals surface area contributed by atoms with E-state index >= 15 is 0 Å². The normalized spacial score (nSPS) is 14.4. The fraction of sp³-hybridized carbons (Fsp3) is 0.115. The Morgan fingerprint density at radius 1 is 0.906 bits per heavy atom. The van der Waals surface area contributed by atoms with Gasteiger partial charge in [0.2, 0.25) is 0 Å². The largest absolute Gasteiger partial charge is 0.352 e. The topological polar surface area (TPSA) is 75.3 Å². The van der Waals surface area contributed by atoms with Crippen LogP contribution < -0.4 is 10.6 Å². The number of carbonyl (C=O) groups excluding carboxylic acids is 3. The quantitative estimate of drug-likeness (QED) is 0.397. The Labute approximate surface area is 190 Å². The molecule has 3 aromatic rings. The van der Waals surface area contributed by atoms with Crippen LogP contribution in [0.1, 0.15) is 27.9 Å². The molecule has 0 aromatic heterocycles. The Bertz CT molecular complexity index is 1170. The molecule has 1 heterocycles. The molecular formula is C26H22N2O3S. The molecule has 3 amide bonds. The van der Waals surface area contributed by atoms with Crippen molar-refractivity contribution in [2.75, 3.05) is 6.54 Å². The number of amides is 3. The molecule has 32 heavy (non-hydrogen) atoms. The third-order valence-corrected chi connectivity index (χ3v) is 5.89. The molecule has 1 fully saturated rings. The monoisotopic (exact) mass is 442 g/mol. The van der Waals surface area contributed by atoms with E-state index in [4.69, 9.17) is 0 Å². The van der Waals surface area contributed by atoms with E-state index in [0.29, 0.717) is 17.0 Å². The molecule has 1 aliphatic heterocycles. The van der Waals surface area contributed by atoms with Gasteiger partial charge in [-0.25, -0.2) is 0 Å². The molecule has 0 spiro atoms. The molecule has 1 saturated heterocycles. The SMILES string of the molecule is O=C1NC(=O)C(=Cc2ccc(-c3cccc(CCCNC(=O)c4ccccc4)c3)cc2)S1. The standard InChI is InChI=1S/C26H22N2O3S/c29-24(21-8-2-1-3-9-21)27-15-5-7-18-6-4-10-22(16-18)20-13-11-19(12-14-20)17-23-25(30)28-26(31)32-23/h1-4,6,8-14,16-17H,5,7,15H2,(H,27,29)(H,28,30,31). The molecule has 1 aliphatic rings. The second kappa shape index (κ2) is 10.1. The molecule has 2 N–H and O–H groups in total. The molecule has 0 unspecified atom stereocenters. The maximum atomic E-state index is 12.1. The molecule has 0 saturated carbocycles. The smallest absolute Gasteiger partial charge is 0.290 e. The first-order chi connectivity index (χ1) is 15.6. The van der Waals surface area contributed by atoms with Crippen LogP contribution >= 0.6 is 11.8 Å². The van der Waals surface area contributed by atoms with Crippen molar-refractivity contribution in [3.8, 4) is 11.1 Å². The zero-order valence-electron chi connectivity index (χ0n) is 17.3. The highest BCUT2D eigenvalue weighted by molar-refractivity contribution is 8.18. The number of nitrogens with one attached hydrogen (secondary N) is 2. The van der Waals surface area contributed by atoms with Gasteiger partial charge in [-0.3, -0.25) is 19.7 Å². The van der Waals surface area contributed by atoms with Crippen LogP contribution in [-0.2, 0) is 11.2 Å². The highest BCUT2D eigenvalue weighted by atomic mass is 32.2. The van der Waals surface area contributed by atoms with Gasteiger partial charge in [0.15, 0.2) is 0 Å². The Morgan fingerprint density at radius 2 is 1.69 bits per heavy atom. The Balaban J connectivity index is 1.33. The maximum Gasteiger partial charge on any atom is 0.290 e. The van der Waals surface area contributed by atoms with Gasteiger partial charge in [0, 0.05) is 12.1 Å². The highest BCUT2D eigenvalue weighted by Crippen LogP contribution is 2.27. The van der Waals surface area contributed by atoms with Crippen LogP contribution in [0.3, 0.4) is 0 Å². The number of carbonyl (C=O) groups is 3. The third kappa shape index (κ3) is 5.53. The number of thioether (sulfide) groups is 1. The van der Waals surface area contributed by atoms with Crippen LogP contribution in [0, 0.1) is 0 Å². The van der Waals surface area contributed by atoms with Crippen LogP contribution in [0.2, 0.25) is 0 Å². The molecule has 4 rings (SSSR count). The van der Waals surface area contributed by atoms with Crippen molar-refractivity contribution in [1.29, 1.82) is 0 Å². The van der Waals surface area contributed by atoms with E-state index in [9.17, 15) is 14.4 Å². The van der Waals surface area contributed by atoms with Gasteiger partial charge in [-0.05, 0) is 65.1 Å². The zero-order chi connectivity index (χ0) is 22.3. The first kappa shape index (κ1) is 21.6. The second-order valence-electron chi connectivity index (χ2n) is 7.40. The zero-order valence-corrected chi connectivity index (χ0v) is 18.2. The number of aryl methyl sites for hydroxylation is 1. The molecule has 160 valence electrons. The first-order valence-corrected chi connectivity index (χ1v) is 11.2. The van der Waals surface area contributed by atoms with Crippen LogP contribution in [0.4, 0.5) is 4.79 Å². The van der Waals surface area contributed by atoms with Crippen LogP contribution in [0.25, 0.3) is 17.2 Å². The summed E-state index contributed by atoms with van der Waals surface area (Å²) >= 11 is 0.916. The third-order valence-electron chi connectivity index (χ3n) is 5.07. The van der Waals surface area contributed by atoms with Crippen LogP contribution in [0.15, 0.2) is 83.8 Å². The summed E-state index contributed by atoms with van der Waals surface area (Å²) in [4.78, 5) is 35.5. The molecule has 0 bridgehead atoms. The molecule has 6 heteroatoms. The Hall–Kier alpha value is -3.64. The average Bonchev–Trinajstić information content (AvgIpc) is 3.14. The van der Waals surface area contributed by atoms with Crippen molar-refractivity contribution in [2.24, 2.45) is 0 Å². The summed E-state index contributed by atoms with van der Waals surface area (Å²) < 4.78 is 0. The lowest BCUT2D eigenvalue weighted by Gasteiger charge is -2.08. The van der Waals surface area contributed by atoms with Crippen LogP contribution in [0.5, 0.6) is 0 Å². The minimum atomic E-state index is -0.350. The van der Waals surface area contributed by atoms with Gasteiger partial charge < -0.3 is 5.32 Å². The van der Waals surface area contributed by atoms with Crippen molar-refractivity contribution in [3.05, 3.63) is 100 Å². The molecular weight excluding hydrogens is 420 g/mol. The molecule has 3 aromatic carbocycles. The molecule has 0 aliphatic carbocycles. The predicted octanol–water partition coefficient (Wildman–Crippen LogP) is 5.04. The van der Waals surface area contributed by atoms with E-state index in [1.54, 1.807) is 18.2 Å². The van der Waals surface area contributed by atoms with E-state index in [1.165, 1.54) is 5.56 Å². The summed E-state index contributed by atoms with van der Waals surface area (Å²) in [6.45, 7) is 0.620. The van der Waals surface area contributed by atoms with Gasteiger partial charge in [0.05, 0.1) is 4.91 Å². The summed E-state index contributed by atoms with van der Waals surface area (Å²) in [6, 6.07) is 25.4. The van der Waals surface area contributed by atoms with E-state index in [2.05, 4.69) is 28.8 Å². The predicted molar refractivity (Wildman–Crippen MR) is 128 cm³/mol. The molecule has 0 atom stereocenters. The average molecular weight is 443 g/mol. The number of hydrogen-bond donors (Lipinski definition) is 2. The van der Waals surface area contributed by atoms with Gasteiger partial charge in [-0.1, -0.05) is 66.7 Å². The summed E-state index contributed by atoms with van der Waals surface area (Å²) in [6.07, 6.45) is 3.44. The van der Waals surface area contributed by atoms with E-state index in [0.717, 1.165) is 41.3 Å². The summed E-state index contributed by atoms with van der Waals surface area (Å²) in [7, 11) is 0. The lowest BCUT2D eigenvalue weighted by molar-refractivity contribution is -0.115. The first-order valence-electron chi connectivity index (χ1n) is 10.4. The minimum Gasteiger partial charge on any atom is -0.352 e. The van der Waals surface area contributed by atoms with Crippen LogP contribution in [-0.4, -0.2) is 23.6 Å². The number of benzene rings is 3. The number of hydrogen-bond acceptors (Lipinski definition) is 4. The summed E-state index contributed by atoms with van der Waals surface area (Å²) in [5.41, 5.74) is 4.93. The fourth-order valence-electron chi connectivity index (χ4n) is 3.44. The van der Waals surface area contributed by atoms with E-state index in [-0.39, 0.29) is 17.1 Å². The van der Waals surface area contributed by atoms with Gasteiger partial charge in [-0.15, -0.1) is 0 Å². The van der Waals surface area contributed by atoms with E-state index < -0.39 is 0 Å². The molecule has 0 radical (unpaired) electrons. The van der Waals surface area contributed by atoms with Crippen molar-refractivity contribution in [1.82, 2.24) is 10.6 Å². The van der Waals surface area contributed by atoms with Gasteiger partial charge >= 0.3 is 0 Å². The lowest BCUT2D eigenvalue weighted by Crippen LogP contribution is -2.24. The number of rotatable bonds is 7. The van der Waals surface area contributed by atoms with Crippen molar-refractivity contribution in [3.63, 3.8) is 0 Å². The fourth-order valence-corrected chi connectivity index (χ4v) is 4.12. The summed E-state index contributed by atoms with van der Waals surface area (Å²) in [5, 5.41) is 4.88. The highest BCUT2D eigenvalue weighted by Gasteiger charge is 2.24.